The zero-order valence-electron chi connectivity index (χ0n) is 7.16. The Bertz CT molecular complexity index is 358. The van der Waals surface area contributed by atoms with Crippen LogP contribution in [0.5, 0.6) is 0 Å². The van der Waals surface area contributed by atoms with E-state index in [1.54, 1.807) is 0 Å². The molecule has 0 aromatic heterocycles. The van der Waals surface area contributed by atoms with Gasteiger partial charge in [0.2, 0.25) is 6.41 Å². The molecule has 1 amide bonds. The Kier molecular flexibility index (Phi) is 2.08. The van der Waals surface area contributed by atoms with E-state index in [9.17, 15) is 4.79 Å². The Morgan fingerprint density at radius 1 is 1.38 bits per heavy atom. The van der Waals surface area contributed by atoms with Crippen LogP contribution < -0.4 is 5.32 Å². The van der Waals surface area contributed by atoms with Crippen molar-refractivity contribution in [1.82, 2.24) is 5.32 Å². The molecule has 0 radical (unpaired) electrons. The summed E-state index contributed by atoms with van der Waals surface area (Å²) in [4.78, 5) is 14.5. The monoisotopic (exact) mass is 174 g/mol. The number of benzene rings is 1. The summed E-state index contributed by atoms with van der Waals surface area (Å²) in [6.45, 7) is 0.757. The van der Waals surface area contributed by atoms with E-state index < -0.39 is 0 Å². The fraction of sp³-hybridized carbons (Fsp3) is 0.200. The maximum Gasteiger partial charge on any atom is 0.212 e. The number of carbonyl (C=O) groups excluding carboxylic acids is 1. The number of fused-ring (bicyclic) bond motifs is 1. The molecule has 3 nitrogen and oxygen atoms in total. The van der Waals surface area contributed by atoms with Crippen LogP contribution in [0.4, 0.5) is 0 Å². The van der Waals surface area contributed by atoms with Crippen molar-refractivity contribution < 1.29 is 4.79 Å². The van der Waals surface area contributed by atoms with Crippen LogP contribution in [0.1, 0.15) is 11.1 Å². The molecule has 1 heterocycles. The molecule has 1 aromatic rings. The van der Waals surface area contributed by atoms with Crippen molar-refractivity contribution in [3.05, 3.63) is 35.4 Å². The number of carbonyl (C=O) groups is 1. The molecule has 66 valence electrons. The van der Waals surface area contributed by atoms with Gasteiger partial charge in [0.1, 0.15) is 5.84 Å². The van der Waals surface area contributed by atoms with Gasteiger partial charge in [-0.05, 0) is 12.0 Å². The van der Waals surface area contributed by atoms with Crippen LogP contribution in [0.15, 0.2) is 29.3 Å². The molecule has 0 saturated carbocycles. The van der Waals surface area contributed by atoms with Gasteiger partial charge in [0, 0.05) is 12.1 Å². The molecule has 0 unspecified atom stereocenters. The lowest BCUT2D eigenvalue weighted by atomic mass is 10.0. The van der Waals surface area contributed by atoms with Crippen molar-refractivity contribution in [3.8, 4) is 0 Å². The molecule has 2 rings (SSSR count). The summed E-state index contributed by atoms with van der Waals surface area (Å²) in [5.74, 6) is 0.692. The minimum absolute atomic E-state index is 0.668. The predicted octanol–water partition coefficient (Wildman–Crippen LogP) is 0.735. The standard InChI is InChI=1S/C10H10N2O/c13-7-12-10-9-4-2-1-3-8(9)5-6-11-10/h1-4,7H,5-6H2,(H,11,12,13). The fourth-order valence-corrected chi connectivity index (χ4v) is 1.52. The summed E-state index contributed by atoms with van der Waals surface area (Å²) in [6, 6.07) is 8.00. The smallest absolute Gasteiger partial charge is 0.212 e. The van der Waals surface area contributed by atoms with Crippen molar-refractivity contribution in [2.45, 2.75) is 6.42 Å². The van der Waals surface area contributed by atoms with Crippen LogP contribution in [-0.2, 0) is 11.2 Å². The third-order valence-corrected chi connectivity index (χ3v) is 2.12. The second kappa shape index (κ2) is 3.39. The number of amidine groups is 1. The number of amides is 1. The number of nitrogens with zero attached hydrogens (tertiary/aromatic N) is 1. The quantitative estimate of drug-likeness (QED) is 0.627. The van der Waals surface area contributed by atoms with Gasteiger partial charge in [-0.1, -0.05) is 24.3 Å². The Labute approximate surface area is 76.5 Å². The summed E-state index contributed by atoms with van der Waals surface area (Å²) in [6.07, 6.45) is 1.63. The van der Waals surface area contributed by atoms with Crippen LogP contribution in [0.2, 0.25) is 0 Å². The highest BCUT2D eigenvalue weighted by Crippen LogP contribution is 2.13. The molecule has 0 aliphatic carbocycles. The number of hydrogen-bond donors (Lipinski definition) is 1. The second-order valence-corrected chi connectivity index (χ2v) is 2.90. The van der Waals surface area contributed by atoms with Crippen molar-refractivity contribution in [2.24, 2.45) is 4.99 Å². The van der Waals surface area contributed by atoms with Crippen molar-refractivity contribution in [2.75, 3.05) is 6.54 Å². The van der Waals surface area contributed by atoms with Crippen LogP contribution in [-0.4, -0.2) is 18.8 Å². The topological polar surface area (TPSA) is 41.5 Å². The van der Waals surface area contributed by atoms with E-state index in [1.807, 2.05) is 18.2 Å². The first kappa shape index (κ1) is 7.98. The van der Waals surface area contributed by atoms with E-state index in [2.05, 4.69) is 16.4 Å². The van der Waals surface area contributed by atoms with Gasteiger partial charge in [-0.25, -0.2) is 0 Å². The highest BCUT2D eigenvalue weighted by Gasteiger charge is 2.11. The summed E-state index contributed by atoms with van der Waals surface area (Å²) < 4.78 is 0. The molecule has 1 aliphatic heterocycles. The fourth-order valence-electron chi connectivity index (χ4n) is 1.52. The van der Waals surface area contributed by atoms with Crippen molar-refractivity contribution in [1.29, 1.82) is 0 Å². The van der Waals surface area contributed by atoms with Gasteiger partial charge in [-0.15, -0.1) is 0 Å². The first-order chi connectivity index (χ1) is 6.42. The van der Waals surface area contributed by atoms with Crippen LogP contribution in [0.3, 0.4) is 0 Å². The third-order valence-electron chi connectivity index (χ3n) is 2.12. The van der Waals surface area contributed by atoms with E-state index in [0.717, 1.165) is 18.5 Å². The third kappa shape index (κ3) is 1.45. The second-order valence-electron chi connectivity index (χ2n) is 2.90. The minimum atomic E-state index is 0.668. The summed E-state index contributed by atoms with van der Waals surface area (Å²) in [5.41, 5.74) is 2.29. The van der Waals surface area contributed by atoms with Gasteiger partial charge in [0.25, 0.3) is 0 Å². The molecule has 3 heteroatoms. The van der Waals surface area contributed by atoms with E-state index in [-0.39, 0.29) is 0 Å². The lowest BCUT2D eigenvalue weighted by molar-refractivity contribution is -0.108. The first-order valence-corrected chi connectivity index (χ1v) is 4.25. The molecule has 0 saturated heterocycles. The molecular weight excluding hydrogens is 164 g/mol. The number of nitrogens with one attached hydrogen (secondary N) is 1. The maximum absolute atomic E-state index is 10.3. The van der Waals surface area contributed by atoms with Gasteiger partial charge < -0.3 is 5.32 Å². The summed E-state index contributed by atoms with van der Waals surface area (Å²) >= 11 is 0. The summed E-state index contributed by atoms with van der Waals surface area (Å²) in [7, 11) is 0. The zero-order valence-corrected chi connectivity index (χ0v) is 7.16. The molecule has 0 fully saturated rings. The number of aliphatic imine (C=N–C) groups is 1. The largest absolute Gasteiger partial charge is 0.313 e. The first-order valence-electron chi connectivity index (χ1n) is 4.25. The Balaban J connectivity index is 2.41. The maximum atomic E-state index is 10.3. The molecule has 13 heavy (non-hydrogen) atoms. The summed E-state index contributed by atoms with van der Waals surface area (Å²) in [5, 5.41) is 2.61. The Hall–Kier alpha value is -1.64. The molecule has 0 spiro atoms. The van der Waals surface area contributed by atoms with E-state index in [0.29, 0.717) is 12.2 Å². The van der Waals surface area contributed by atoms with Gasteiger partial charge >= 0.3 is 0 Å². The number of hydrogen-bond acceptors (Lipinski definition) is 2. The molecule has 1 N–H and O–H groups in total. The van der Waals surface area contributed by atoms with E-state index in [4.69, 9.17) is 0 Å². The van der Waals surface area contributed by atoms with E-state index >= 15 is 0 Å². The average Bonchev–Trinajstić information content (AvgIpc) is 2.19. The van der Waals surface area contributed by atoms with Gasteiger partial charge in [0.15, 0.2) is 0 Å². The highest BCUT2D eigenvalue weighted by molar-refractivity contribution is 6.05. The average molecular weight is 174 g/mol. The van der Waals surface area contributed by atoms with Crippen LogP contribution >= 0.6 is 0 Å². The normalized spacial score (nSPS) is 14.3. The minimum Gasteiger partial charge on any atom is -0.313 e. The van der Waals surface area contributed by atoms with Crippen molar-refractivity contribution in [3.63, 3.8) is 0 Å². The molecule has 0 atom stereocenters. The Morgan fingerprint density at radius 2 is 2.23 bits per heavy atom. The van der Waals surface area contributed by atoms with Gasteiger partial charge in [-0.2, -0.15) is 0 Å². The highest BCUT2D eigenvalue weighted by atomic mass is 16.1. The van der Waals surface area contributed by atoms with Crippen LogP contribution in [0, 0.1) is 0 Å². The van der Waals surface area contributed by atoms with Crippen LogP contribution in [0.25, 0.3) is 0 Å². The Morgan fingerprint density at radius 3 is 3.08 bits per heavy atom. The lowest BCUT2D eigenvalue weighted by Gasteiger charge is -2.14. The van der Waals surface area contributed by atoms with E-state index in [1.165, 1.54) is 5.56 Å². The lowest BCUT2D eigenvalue weighted by Crippen LogP contribution is -2.27. The molecular formula is C10H10N2O. The molecule has 1 aliphatic rings. The zero-order chi connectivity index (χ0) is 9.10. The van der Waals surface area contributed by atoms with Gasteiger partial charge in [0.05, 0.1) is 0 Å². The van der Waals surface area contributed by atoms with Gasteiger partial charge in [-0.3, -0.25) is 9.79 Å². The number of rotatable bonds is 1. The SMILES string of the molecule is O=CNC1=NCCc2ccccc21. The molecule has 0 bridgehead atoms. The molecule has 1 aromatic carbocycles. The predicted molar refractivity (Wildman–Crippen MR) is 50.7 cm³/mol. The van der Waals surface area contributed by atoms with Crippen molar-refractivity contribution >= 4 is 12.2 Å².